The molecule has 0 saturated heterocycles. The summed E-state index contributed by atoms with van der Waals surface area (Å²) < 4.78 is 2.61. The van der Waals surface area contributed by atoms with Crippen molar-refractivity contribution >= 4 is 39.1 Å². The van der Waals surface area contributed by atoms with Crippen LogP contribution in [0.2, 0.25) is 5.02 Å². The van der Waals surface area contributed by atoms with Gasteiger partial charge in [-0.15, -0.1) is 11.3 Å². The topological polar surface area (TPSA) is 81.8 Å². The summed E-state index contributed by atoms with van der Waals surface area (Å²) in [6.45, 7) is 3.42. The lowest BCUT2D eigenvalue weighted by molar-refractivity contribution is 0.0997. The number of hydrogen-bond donors (Lipinski definition) is 1. The van der Waals surface area contributed by atoms with Gasteiger partial charge in [0.05, 0.1) is 16.1 Å². The molecule has 130 valence electrons. The van der Waals surface area contributed by atoms with E-state index in [-0.39, 0.29) is 16.3 Å². The van der Waals surface area contributed by atoms with E-state index < -0.39 is 5.91 Å². The third kappa shape index (κ3) is 2.39. The molecule has 0 radical (unpaired) electrons. The number of fused-ring (bicyclic) bond motifs is 3. The molecule has 3 aromatic heterocycles. The Bertz CT molecular complexity index is 1090. The Labute approximate surface area is 152 Å². The highest BCUT2D eigenvalue weighted by molar-refractivity contribution is 7.18. The molecular formula is C16H16ClN5O2S. The van der Waals surface area contributed by atoms with Crippen LogP contribution < -0.4 is 11.0 Å². The number of aryl methyl sites for hydroxylation is 5. The Morgan fingerprint density at radius 1 is 1.32 bits per heavy atom. The van der Waals surface area contributed by atoms with Gasteiger partial charge in [0.1, 0.15) is 16.3 Å². The fraction of sp³-hybridized carbons (Fsp3) is 0.375. The van der Waals surface area contributed by atoms with Gasteiger partial charge in [0.15, 0.2) is 0 Å². The maximum atomic E-state index is 13.0. The molecule has 1 aliphatic rings. The van der Waals surface area contributed by atoms with Crippen molar-refractivity contribution in [1.29, 1.82) is 0 Å². The highest BCUT2D eigenvalue weighted by Gasteiger charge is 2.24. The lowest BCUT2D eigenvalue weighted by Crippen LogP contribution is -2.36. The van der Waals surface area contributed by atoms with Crippen molar-refractivity contribution in [2.75, 3.05) is 5.43 Å². The molecule has 0 saturated carbocycles. The predicted molar refractivity (Wildman–Crippen MR) is 97.3 cm³/mol. The molecule has 3 heterocycles. The van der Waals surface area contributed by atoms with Crippen LogP contribution in [0.5, 0.6) is 0 Å². The summed E-state index contributed by atoms with van der Waals surface area (Å²) in [7, 11) is 1.64. The molecule has 1 amide bonds. The third-order valence-electron chi connectivity index (χ3n) is 4.48. The first kappa shape index (κ1) is 16.3. The average molecular weight is 378 g/mol. The minimum absolute atomic E-state index is 0.209. The number of aromatic nitrogens is 4. The number of amides is 1. The molecule has 25 heavy (non-hydrogen) atoms. The Balaban J connectivity index is 1.82. The lowest BCUT2D eigenvalue weighted by Gasteiger charge is -2.11. The van der Waals surface area contributed by atoms with Crippen LogP contribution in [-0.4, -0.2) is 25.3 Å². The number of hydrogen-bond acceptors (Lipinski definition) is 5. The van der Waals surface area contributed by atoms with Gasteiger partial charge in [-0.3, -0.25) is 19.7 Å². The third-order valence-corrected chi connectivity index (χ3v) is 6.12. The molecule has 0 bridgehead atoms. The van der Waals surface area contributed by atoms with E-state index in [1.807, 2.05) is 0 Å². The molecule has 9 heteroatoms. The van der Waals surface area contributed by atoms with E-state index >= 15 is 0 Å². The zero-order valence-corrected chi connectivity index (χ0v) is 15.6. The van der Waals surface area contributed by atoms with Gasteiger partial charge >= 0.3 is 0 Å². The molecule has 0 aromatic carbocycles. The number of nitrogens with one attached hydrogen (secondary N) is 1. The number of carbonyl (C=O) groups excluding carboxylic acids is 1. The molecule has 0 atom stereocenters. The molecule has 0 spiro atoms. The summed E-state index contributed by atoms with van der Waals surface area (Å²) in [5, 5.41) is 5.02. The van der Waals surface area contributed by atoms with Crippen molar-refractivity contribution in [1.82, 2.24) is 19.4 Å². The molecule has 0 aliphatic heterocycles. The van der Waals surface area contributed by atoms with Crippen LogP contribution >= 0.6 is 22.9 Å². The highest BCUT2D eigenvalue weighted by Crippen LogP contribution is 2.34. The van der Waals surface area contributed by atoms with E-state index in [0.29, 0.717) is 16.9 Å². The van der Waals surface area contributed by atoms with Crippen molar-refractivity contribution < 1.29 is 4.79 Å². The van der Waals surface area contributed by atoms with Crippen molar-refractivity contribution in [2.45, 2.75) is 33.1 Å². The van der Waals surface area contributed by atoms with Crippen molar-refractivity contribution in [3.05, 3.63) is 43.0 Å². The zero-order valence-electron chi connectivity index (χ0n) is 14.0. The number of carbonyl (C=O) groups is 1. The van der Waals surface area contributed by atoms with Crippen molar-refractivity contribution in [3.63, 3.8) is 0 Å². The van der Waals surface area contributed by atoms with Crippen molar-refractivity contribution in [3.8, 4) is 0 Å². The summed E-state index contributed by atoms with van der Waals surface area (Å²) in [5.74, 6) is -0.0629. The lowest BCUT2D eigenvalue weighted by atomic mass is 10.2. The zero-order chi connectivity index (χ0) is 17.9. The van der Waals surface area contributed by atoms with Crippen LogP contribution in [0.1, 0.15) is 38.9 Å². The summed E-state index contributed by atoms with van der Waals surface area (Å²) in [6, 6.07) is 0. The molecule has 0 unspecified atom stereocenters. The normalized spacial score (nSPS) is 13.4. The maximum absolute atomic E-state index is 13.0. The largest absolute Gasteiger partial charge is 0.290 e. The molecule has 4 rings (SSSR count). The van der Waals surface area contributed by atoms with Gasteiger partial charge in [-0.05, 0) is 38.7 Å². The van der Waals surface area contributed by atoms with Gasteiger partial charge in [-0.2, -0.15) is 5.10 Å². The fourth-order valence-corrected chi connectivity index (χ4v) is 4.85. The van der Waals surface area contributed by atoms with Crippen LogP contribution in [0.4, 0.5) is 0 Å². The van der Waals surface area contributed by atoms with Gasteiger partial charge in [-0.1, -0.05) is 11.6 Å². The van der Waals surface area contributed by atoms with E-state index in [1.54, 1.807) is 32.2 Å². The van der Waals surface area contributed by atoms with Crippen LogP contribution in [0.15, 0.2) is 4.79 Å². The van der Waals surface area contributed by atoms with Gasteiger partial charge in [0.2, 0.25) is 0 Å². The number of nitrogens with zero attached hydrogens (tertiary/aromatic N) is 4. The second-order valence-corrected chi connectivity index (χ2v) is 7.61. The van der Waals surface area contributed by atoms with E-state index in [2.05, 4.69) is 15.5 Å². The molecular weight excluding hydrogens is 362 g/mol. The van der Waals surface area contributed by atoms with Gasteiger partial charge in [0.25, 0.3) is 11.5 Å². The molecule has 0 fully saturated rings. The van der Waals surface area contributed by atoms with Gasteiger partial charge < -0.3 is 0 Å². The second kappa shape index (κ2) is 5.67. The van der Waals surface area contributed by atoms with E-state index in [4.69, 9.17) is 11.6 Å². The summed E-state index contributed by atoms with van der Waals surface area (Å²) in [6.07, 6.45) is 2.93. The first-order valence-electron chi connectivity index (χ1n) is 7.93. The molecule has 7 nitrogen and oxygen atoms in total. The maximum Gasteiger partial charge on any atom is 0.290 e. The SMILES string of the molecule is Cc1nn(C)c(C(=O)Nn2c(C)nc3sc4c(c3c2=O)CCC4)c1Cl. The standard InChI is InChI=1S/C16H16ClN5O2S/c1-7-12(17)13(21(3)19-7)14(23)20-22-8(2)18-15-11(16(22)24)9-5-4-6-10(9)25-15/h4-6H2,1-3H3,(H,20,23). The van der Waals surface area contributed by atoms with E-state index in [9.17, 15) is 9.59 Å². The van der Waals surface area contributed by atoms with Crippen LogP contribution in [0.25, 0.3) is 10.2 Å². The van der Waals surface area contributed by atoms with Crippen LogP contribution in [-0.2, 0) is 19.9 Å². The quantitative estimate of drug-likeness (QED) is 0.743. The summed E-state index contributed by atoms with van der Waals surface area (Å²) in [4.78, 5) is 32.1. The smallest absolute Gasteiger partial charge is 0.267 e. The Kier molecular flexibility index (Phi) is 3.69. The second-order valence-electron chi connectivity index (χ2n) is 6.15. The van der Waals surface area contributed by atoms with E-state index in [1.165, 1.54) is 14.2 Å². The Morgan fingerprint density at radius 3 is 2.76 bits per heavy atom. The number of thiophene rings is 1. The van der Waals surface area contributed by atoms with Crippen molar-refractivity contribution in [2.24, 2.45) is 7.05 Å². The predicted octanol–water partition coefficient (Wildman–Crippen LogP) is 2.33. The highest BCUT2D eigenvalue weighted by atomic mass is 35.5. The molecule has 1 N–H and O–H groups in total. The number of rotatable bonds is 2. The monoisotopic (exact) mass is 377 g/mol. The summed E-state index contributed by atoms with van der Waals surface area (Å²) >= 11 is 7.74. The molecule has 3 aromatic rings. The van der Waals surface area contributed by atoms with Crippen LogP contribution in [0.3, 0.4) is 0 Å². The van der Waals surface area contributed by atoms with Crippen LogP contribution in [0, 0.1) is 13.8 Å². The van der Waals surface area contributed by atoms with Gasteiger partial charge in [0, 0.05) is 11.9 Å². The first-order valence-corrected chi connectivity index (χ1v) is 9.12. The first-order chi connectivity index (χ1) is 11.9. The average Bonchev–Trinajstić information content (AvgIpc) is 3.17. The summed E-state index contributed by atoms with van der Waals surface area (Å²) in [5.41, 5.74) is 4.23. The molecule has 1 aliphatic carbocycles. The van der Waals surface area contributed by atoms with E-state index in [0.717, 1.165) is 29.7 Å². The Morgan fingerprint density at radius 2 is 2.08 bits per heavy atom. The fourth-order valence-electron chi connectivity index (χ4n) is 3.31. The minimum atomic E-state index is -0.494. The van der Waals surface area contributed by atoms with Gasteiger partial charge in [-0.25, -0.2) is 9.66 Å². The Hall–Kier alpha value is -2.19. The minimum Gasteiger partial charge on any atom is -0.267 e. The number of halogens is 1.